The predicted octanol–water partition coefficient (Wildman–Crippen LogP) is 1.42. The number of rotatable bonds is 5. The van der Waals surface area contributed by atoms with Crippen LogP contribution < -0.4 is 4.74 Å². The van der Waals surface area contributed by atoms with Crippen molar-refractivity contribution in [2.75, 3.05) is 20.3 Å². The Hall–Kier alpha value is -2.41. The molecule has 2 aromatic heterocycles. The summed E-state index contributed by atoms with van der Waals surface area (Å²) in [5.74, 6) is 1.34. The van der Waals surface area contributed by atoms with Crippen LogP contribution in [0.1, 0.15) is 22.7 Å². The fourth-order valence-electron chi connectivity index (χ4n) is 2.76. The molecule has 2 aromatic rings. The average molecular weight is 316 g/mol. The molecule has 0 unspecified atom stereocenters. The summed E-state index contributed by atoms with van der Waals surface area (Å²) in [6, 6.07) is 3.62. The van der Waals surface area contributed by atoms with E-state index >= 15 is 0 Å². The molecule has 3 heterocycles. The van der Waals surface area contributed by atoms with Gasteiger partial charge in [0.2, 0.25) is 0 Å². The molecular formula is C16H20N4O3. The normalized spacial score (nSPS) is 20.7. The van der Waals surface area contributed by atoms with E-state index in [-0.39, 0.29) is 18.1 Å². The first-order chi connectivity index (χ1) is 11.2. The molecule has 0 aliphatic carbocycles. The molecule has 1 aliphatic rings. The van der Waals surface area contributed by atoms with Crippen LogP contribution in [0.15, 0.2) is 30.7 Å². The zero-order valence-corrected chi connectivity index (χ0v) is 13.2. The number of H-pyrrole nitrogens is 1. The molecule has 122 valence electrons. The van der Waals surface area contributed by atoms with Crippen LogP contribution in [0.5, 0.6) is 5.75 Å². The quantitative estimate of drug-likeness (QED) is 0.902. The van der Waals surface area contributed by atoms with E-state index in [0.717, 1.165) is 12.2 Å². The van der Waals surface area contributed by atoms with Gasteiger partial charge in [-0.05, 0) is 25.5 Å². The number of aromatic nitrogens is 3. The van der Waals surface area contributed by atoms with Crippen LogP contribution in [0.2, 0.25) is 0 Å². The number of nitrogens with one attached hydrogen (secondary N) is 1. The number of nitrogens with zero attached hydrogens (tertiary/aromatic N) is 3. The maximum absolute atomic E-state index is 12.7. The van der Waals surface area contributed by atoms with E-state index in [2.05, 4.69) is 15.0 Å². The highest BCUT2D eigenvalue weighted by Gasteiger charge is 2.36. The fourth-order valence-corrected chi connectivity index (χ4v) is 2.76. The van der Waals surface area contributed by atoms with Gasteiger partial charge in [-0.1, -0.05) is 0 Å². The molecule has 0 saturated carbocycles. The number of imidazole rings is 1. The van der Waals surface area contributed by atoms with Gasteiger partial charge in [0, 0.05) is 19.9 Å². The number of hydrogen-bond donors (Lipinski definition) is 1. The number of carbonyl (C=O) groups excluding carboxylic acids is 1. The highest BCUT2D eigenvalue weighted by atomic mass is 16.5. The summed E-state index contributed by atoms with van der Waals surface area (Å²) in [5, 5.41) is 0. The van der Waals surface area contributed by atoms with Crippen molar-refractivity contribution in [3.05, 3.63) is 42.2 Å². The minimum atomic E-state index is -0.0788. The summed E-state index contributed by atoms with van der Waals surface area (Å²) in [5.41, 5.74) is 0.491. The lowest BCUT2D eigenvalue weighted by Gasteiger charge is -2.23. The molecule has 0 spiro atoms. The zero-order valence-electron chi connectivity index (χ0n) is 13.2. The maximum atomic E-state index is 12.7. The van der Waals surface area contributed by atoms with E-state index in [1.807, 2.05) is 19.1 Å². The van der Waals surface area contributed by atoms with Crippen LogP contribution in [0.3, 0.4) is 0 Å². The minimum absolute atomic E-state index is 0.0190. The van der Waals surface area contributed by atoms with Gasteiger partial charge in [-0.25, -0.2) is 4.98 Å². The van der Waals surface area contributed by atoms with Gasteiger partial charge in [-0.2, -0.15) is 0 Å². The number of aryl methyl sites for hydroxylation is 1. The van der Waals surface area contributed by atoms with Crippen molar-refractivity contribution in [2.45, 2.75) is 25.5 Å². The highest BCUT2D eigenvalue weighted by molar-refractivity contribution is 5.92. The van der Waals surface area contributed by atoms with Gasteiger partial charge < -0.3 is 19.4 Å². The van der Waals surface area contributed by atoms with Gasteiger partial charge in [0.1, 0.15) is 23.9 Å². The first-order valence-corrected chi connectivity index (χ1v) is 7.55. The summed E-state index contributed by atoms with van der Waals surface area (Å²) in [6.07, 6.45) is 5.69. The molecule has 1 fully saturated rings. The first kappa shape index (κ1) is 15.5. The Morgan fingerprint density at radius 3 is 3.00 bits per heavy atom. The van der Waals surface area contributed by atoms with Gasteiger partial charge in [-0.15, -0.1) is 0 Å². The summed E-state index contributed by atoms with van der Waals surface area (Å²) in [4.78, 5) is 25.6. The Morgan fingerprint density at radius 2 is 2.35 bits per heavy atom. The lowest BCUT2D eigenvalue weighted by molar-refractivity contribution is 0.0652. The molecule has 0 bridgehead atoms. The molecule has 1 saturated heterocycles. The Morgan fingerprint density at radius 1 is 1.48 bits per heavy atom. The molecule has 1 aliphatic heterocycles. The van der Waals surface area contributed by atoms with Crippen molar-refractivity contribution in [2.24, 2.45) is 0 Å². The molecule has 3 rings (SSSR count). The lowest BCUT2D eigenvalue weighted by atomic mass is 10.2. The van der Waals surface area contributed by atoms with Crippen LogP contribution in [-0.4, -0.2) is 58.2 Å². The molecule has 2 atom stereocenters. The predicted molar refractivity (Wildman–Crippen MR) is 83.3 cm³/mol. The van der Waals surface area contributed by atoms with E-state index in [9.17, 15) is 4.79 Å². The molecular weight excluding hydrogens is 296 g/mol. The van der Waals surface area contributed by atoms with Crippen LogP contribution in [0.4, 0.5) is 0 Å². The summed E-state index contributed by atoms with van der Waals surface area (Å²) >= 11 is 0. The summed E-state index contributed by atoms with van der Waals surface area (Å²) in [7, 11) is 1.66. The molecule has 7 heteroatoms. The van der Waals surface area contributed by atoms with E-state index < -0.39 is 0 Å². The van der Waals surface area contributed by atoms with Gasteiger partial charge in [0.25, 0.3) is 5.91 Å². The second-order valence-electron chi connectivity index (χ2n) is 5.59. The van der Waals surface area contributed by atoms with E-state index in [1.165, 1.54) is 0 Å². The fraction of sp³-hybridized carbons (Fsp3) is 0.438. The van der Waals surface area contributed by atoms with Crippen molar-refractivity contribution in [1.82, 2.24) is 19.9 Å². The third kappa shape index (κ3) is 3.50. The Labute approximate surface area is 134 Å². The van der Waals surface area contributed by atoms with Crippen molar-refractivity contribution in [3.8, 4) is 5.75 Å². The monoisotopic (exact) mass is 316 g/mol. The number of aromatic amines is 1. The standard InChI is InChI=1S/C16H20N4O3/c1-11-18-8-15(19-11)16(21)20-9-14(22-2)6-12(20)10-23-13-4-3-5-17-7-13/h3-5,7-8,12,14H,6,9-10H2,1-2H3,(H,18,19)/t12-,14+/m0/s1. The summed E-state index contributed by atoms with van der Waals surface area (Å²) in [6.45, 7) is 2.78. The van der Waals surface area contributed by atoms with Gasteiger partial charge >= 0.3 is 0 Å². The van der Waals surface area contributed by atoms with Crippen molar-refractivity contribution in [1.29, 1.82) is 0 Å². The van der Waals surface area contributed by atoms with E-state index in [0.29, 0.717) is 24.6 Å². The molecule has 0 radical (unpaired) electrons. The average Bonchev–Trinajstić information content (AvgIpc) is 3.19. The van der Waals surface area contributed by atoms with E-state index in [4.69, 9.17) is 9.47 Å². The second kappa shape index (κ2) is 6.78. The van der Waals surface area contributed by atoms with Crippen LogP contribution in [0, 0.1) is 6.92 Å². The van der Waals surface area contributed by atoms with Crippen LogP contribution in [-0.2, 0) is 4.74 Å². The van der Waals surface area contributed by atoms with Crippen LogP contribution >= 0.6 is 0 Å². The molecule has 1 amide bonds. The topological polar surface area (TPSA) is 80.3 Å². The van der Waals surface area contributed by atoms with Gasteiger partial charge in [-0.3, -0.25) is 9.78 Å². The second-order valence-corrected chi connectivity index (χ2v) is 5.59. The zero-order chi connectivity index (χ0) is 16.2. The summed E-state index contributed by atoms with van der Waals surface area (Å²) < 4.78 is 11.2. The first-order valence-electron chi connectivity index (χ1n) is 7.55. The van der Waals surface area contributed by atoms with Gasteiger partial charge in [0.15, 0.2) is 0 Å². The number of hydrogen-bond acceptors (Lipinski definition) is 5. The number of ether oxygens (including phenoxy) is 2. The van der Waals surface area contributed by atoms with Crippen LogP contribution in [0.25, 0.3) is 0 Å². The number of methoxy groups -OCH3 is 1. The number of amides is 1. The minimum Gasteiger partial charge on any atom is -0.490 e. The number of likely N-dealkylation sites (tertiary alicyclic amines) is 1. The highest BCUT2D eigenvalue weighted by Crippen LogP contribution is 2.23. The Balaban J connectivity index is 1.70. The van der Waals surface area contributed by atoms with E-state index in [1.54, 1.807) is 30.6 Å². The van der Waals surface area contributed by atoms with Crippen molar-refractivity contribution >= 4 is 5.91 Å². The lowest BCUT2D eigenvalue weighted by Crippen LogP contribution is -2.39. The van der Waals surface area contributed by atoms with Gasteiger partial charge in [0.05, 0.1) is 24.5 Å². The third-order valence-electron chi connectivity index (χ3n) is 3.98. The molecule has 0 aromatic carbocycles. The number of carbonyl (C=O) groups is 1. The molecule has 23 heavy (non-hydrogen) atoms. The SMILES string of the molecule is CO[C@@H]1C[C@@H](COc2cccnc2)N(C(=O)c2cnc(C)[nH]2)C1. The molecule has 7 nitrogen and oxygen atoms in total. The molecule has 1 N–H and O–H groups in total. The smallest absolute Gasteiger partial charge is 0.272 e. The van der Waals surface area contributed by atoms with Crippen molar-refractivity contribution < 1.29 is 14.3 Å². The Kier molecular flexibility index (Phi) is 4.57. The van der Waals surface area contributed by atoms with Crippen molar-refractivity contribution in [3.63, 3.8) is 0 Å². The maximum Gasteiger partial charge on any atom is 0.272 e. The Bertz CT molecular complexity index is 658. The third-order valence-corrected chi connectivity index (χ3v) is 3.98. The largest absolute Gasteiger partial charge is 0.490 e. The number of pyridine rings is 1.